The Morgan fingerprint density at radius 3 is 3.00 bits per heavy atom. The van der Waals surface area contributed by atoms with Crippen LogP contribution in [0.25, 0.3) is 0 Å². The van der Waals surface area contributed by atoms with Gasteiger partial charge in [0.25, 0.3) is 5.91 Å². The van der Waals surface area contributed by atoms with Gasteiger partial charge in [-0.1, -0.05) is 0 Å². The topological polar surface area (TPSA) is 67.2 Å². The Bertz CT molecular complexity index is 537. The fourth-order valence-corrected chi connectivity index (χ4v) is 1.87. The summed E-state index contributed by atoms with van der Waals surface area (Å²) in [6, 6.07) is 5.43. The molecular weight excluding hydrogens is 242 g/mol. The number of amides is 1. The minimum Gasteiger partial charge on any atom is -0.469 e. The van der Waals surface area contributed by atoms with Crippen LogP contribution >= 0.6 is 0 Å². The molecule has 2 heterocycles. The summed E-state index contributed by atoms with van der Waals surface area (Å²) in [5.74, 6) is 0.738. The fourth-order valence-electron chi connectivity index (χ4n) is 1.87. The minimum absolute atomic E-state index is 0.00322. The van der Waals surface area contributed by atoms with Crippen LogP contribution in [0, 0.1) is 0 Å². The summed E-state index contributed by atoms with van der Waals surface area (Å²) >= 11 is 0. The van der Waals surface area contributed by atoms with E-state index < -0.39 is 0 Å². The van der Waals surface area contributed by atoms with E-state index in [0.717, 1.165) is 5.76 Å². The Morgan fingerprint density at radius 1 is 1.47 bits per heavy atom. The molecule has 0 fully saturated rings. The van der Waals surface area contributed by atoms with Gasteiger partial charge in [-0.3, -0.25) is 9.78 Å². The molecule has 0 aliphatic carbocycles. The third-order valence-corrected chi connectivity index (χ3v) is 2.80. The van der Waals surface area contributed by atoms with Crippen LogP contribution in [0.15, 0.2) is 41.3 Å². The summed E-state index contributed by atoms with van der Waals surface area (Å²) in [4.78, 5) is 16.1. The maximum absolute atomic E-state index is 12.2. The molecule has 2 rings (SSSR count). The zero-order valence-corrected chi connectivity index (χ0v) is 11.0. The van der Waals surface area contributed by atoms with Gasteiger partial charge in [0.05, 0.1) is 23.7 Å². The van der Waals surface area contributed by atoms with Crippen molar-refractivity contribution in [2.45, 2.75) is 19.4 Å². The highest BCUT2D eigenvalue weighted by atomic mass is 16.3. The van der Waals surface area contributed by atoms with Gasteiger partial charge < -0.3 is 15.1 Å². The van der Waals surface area contributed by atoms with Gasteiger partial charge in [0, 0.05) is 25.7 Å². The van der Waals surface area contributed by atoms with Gasteiger partial charge in [0.15, 0.2) is 0 Å². The van der Waals surface area contributed by atoms with Crippen LogP contribution < -0.4 is 10.6 Å². The molecule has 0 saturated heterocycles. The van der Waals surface area contributed by atoms with Crippen molar-refractivity contribution in [3.05, 3.63) is 48.2 Å². The Kier molecular flexibility index (Phi) is 4.18. The lowest BCUT2D eigenvalue weighted by Gasteiger charge is -2.14. The molecule has 0 aliphatic rings. The molecule has 1 atom stereocenters. The highest BCUT2D eigenvalue weighted by Crippen LogP contribution is 2.13. The number of hydrogen-bond donors (Lipinski definition) is 2. The molecule has 0 saturated carbocycles. The normalized spacial score (nSPS) is 11.9. The SMILES string of the molecule is CNc1cnccc1C(=O)NC(C)Cc1ccco1. The van der Waals surface area contributed by atoms with E-state index in [0.29, 0.717) is 17.7 Å². The Hall–Kier alpha value is -2.30. The highest BCUT2D eigenvalue weighted by molar-refractivity contribution is 5.99. The second-order valence-electron chi connectivity index (χ2n) is 4.33. The first kappa shape index (κ1) is 13.1. The molecule has 0 radical (unpaired) electrons. The molecule has 2 aromatic rings. The lowest BCUT2D eigenvalue weighted by atomic mass is 10.1. The fraction of sp³-hybridized carbons (Fsp3) is 0.286. The molecule has 100 valence electrons. The third kappa shape index (κ3) is 3.34. The summed E-state index contributed by atoms with van der Waals surface area (Å²) in [6.07, 6.45) is 5.53. The predicted molar refractivity (Wildman–Crippen MR) is 73.1 cm³/mol. The lowest BCUT2D eigenvalue weighted by Crippen LogP contribution is -2.34. The quantitative estimate of drug-likeness (QED) is 0.862. The predicted octanol–water partition coefficient (Wildman–Crippen LogP) is 2.08. The molecule has 5 nitrogen and oxygen atoms in total. The number of rotatable bonds is 5. The number of carbonyl (C=O) groups is 1. The first-order valence-electron chi connectivity index (χ1n) is 6.15. The minimum atomic E-state index is -0.120. The van der Waals surface area contributed by atoms with Crippen molar-refractivity contribution in [2.24, 2.45) is 0 Å². The van der Waals surface area contributed by atoms with Gasteiger partial charge in [-0.15, -0.1) is 0 Å². The van der Waals surface area contributed by atoms with Crippen LogP contribution in [0.4, 0.5) is 5.69 Å². The zero-order chi connectivity index (χ0) is 13.7. The number of furan rings is 1. The number of carbonyl (C=O) groups excluding carboxylic acids is 1. The number of aromatic nitrogens is 1. The van der Waals surface area contributed by atoms with Gasteiger partial charge in [-0.2, -0.15) is 0 Å². The van der Waals surface area contributed by atoms with Crippen LogP contribution in [0.5, 0.6) is 0 Å². The monoisotopic (exact) mass is 259 g/mol. The maximum Gasteiger partial charge on any atom is 0.253 e. The van der Waals surface area contributed by atoms with E-state index in [-0.39, 0.29) is 11.9 Å². The summed E-state index contributed by atoms with van der Waals surface area (Å²) in [5, 5.41) is 5.90. The van der Waals surface area contributed by atoms with E-state index in [9.17, 15) is 4.79 Å². The van der Waals surface area contributed by atoms with Crippen molar-refractivity contribution >= 4 is 11.6 Å². The molecule has 1 amide bonds. The van der Waals surface area contributed by atoms with E-state index in [1.165, 1.54) is 0 Å². The van der Waals surface area contributed by atoms with Crippen molar-refractivity contribution in [3.8, 4) is 0 Å². The number of anilines is 1. The van der Waals surface area contributed by atoms with Gasteiger partial charge in [-0.05, 0) is 25.1 Å². The van der Waals surface area contributed by atoms with Crippen LogP contribution in [0.1, 0.15) is 23.0 Å². The first-order chi connectivity index (χ1) is 9.20. The molecular formula is C14H17N3O2. The molecule has 0 aliphatic heterocycles. The van der Waals surface area contributed by atoms with Crippen LogP contribution in [0.2, 0.25) is 0 Å². The van der Waals surface area contributed by atoms with Gasteiger partial charge in [0.1, 0.15) is 5.76 Å². The molecule has 0 spiro atoms. The molecule has 2 N–H and O–H groups in total. The standard InChI is InChI=1S/C14H17N3O2/c1-10(8-11-4-3-7-19-11)17-14(18)12-5-6-16-9-13(12)15-2/h3-7,9-10,15H,8H2,1-2H3,(H,17,18). The van der Waals surface area contributed by atoms with Gasteiger partial charge >= 0.3 is 0 Å². The Balaban J connectivity index is 2.00. The van der Waals surface area contributed by atoms with Crippen LogP contribution in [0.3, 0.4) is 0 Å². The number of nitrogens with one attached hydrogen (secondary N) is 2. The van der Waals surface area contributed by atoms with Crippen LogP contribution in [-0.2, 0) is 6.42 Å². The van der Waals surface area contributed by atoms with E-state index in [1.807, 2.05) is 19.1 Å². The summed E-state index contributed by atoms with van der Waals surface area (Å²) < 4.78 is 5.26. The average Bonchev–Trinajstić information content (AvgIpc) is 2.91. The largest absolute Gasteiger partial charge is 0.469 e. The average molecular weight is 259 g/mol. The smallest absolute Gasteiger partial charge is 0.253 e. The van der Waals surface area contributed by atoms with E-state index in [4.69, 9.17) is 4.42 Å². The van der Waals surface area contributed by atoms with E-state index in [2.05, 4.69) is 15.6 Å². The lowest BCUT2D eigenvalue weighted by molar-refractivity contribution is 0.0940. The number of nitrogens with zero attached hydrogens (tertiary/aromatic N) is 1. The molecule has 19 heavy (non-hydrogen) atoms. The zero-order valence-electron chi connectivity index (χ0n) is 11.0. The van der Waals surface area contributed by atoms with Gasteiger partial charge in [0.2, 0.25) is 0 Å². The molecule has 0 aromatic carbocycles. The second-order valence-corrected chi connectivity index (χ2v) is 4.33. The van der Waals surface area contributed by atoms with Crippen molar-refractivity contribution < 1.29 is 9.21 Å². The summed E-state index contributed by atoms with van der Waals surface area (Å²) in [6.45, 7) is 1.95. The maximum atomic E-state index is 12.2. The first-order valence-corrected chi connectivity index (χ1v) is 6.15. The molecule has 0 bridgehead atoms. The number of hydrogen-bond acceptors (Lipinski definition) is 4. The molecule has 5 heteroatoms. The molecule has 1 unspecified atom stereocenters. The second kappa shape index (κ2) is 6.04. The molecule has 2 aromatic heterocycles. The third-order valence-electron chi connectivity index (χ3n) is 2.80. The van der Waals surface area contributed by atoms with Crippen molar-refractivity contribution in [1.29, 1.82) is 0 Å². The Morgan fingerprint density at radius 2 is 2.32 bits per heavy atom. The summed E-state index contributed by atoms with van der Waals surface area (Å²) in [7, 11) is 1.76. The highest BCUT2D eigenvalue weighted by Gasteiger charge is 2.14. The van der Waals surface area contributed by atoms with E-state index in [1.54, 1.807) is 31.8 Å². The van der Waals surface area contributed by atoms with E-state index >= 15 is 0 Å². The summed E-state index contributed by atoms with van der Waals surface area (Å²) in [5.41, 5.74) is 1.30. The van der Waals surface area contributed by atoms with Crippen molar-refractivity contribution in [3.63, 3.8) is 0 Å². The Labute approximate surface area is 112 Å². The number of pyridine rings is 1. The van der Waals surface area contributed by atoms with Gasteiger partial charge in [-0.25, -0.2) is 0 Å². The van der Waals surface area contributed by atoms with Crippen molar-refractivity contribution in [2.75, 3.05) is 12.4 Å². The van der Waals surface area contributed by atoms with Crippen LogP contribution in [-0.4, -0.2) is 24.0 Å². The van der Waals surface area contributed by atoms with Crippen molar-refractivity contribution in [1.82, 2.24) is 10.3 Å².